The van der Waals surface area contributed by atoms with E-state index < -0.39 is 22.5 Å². The van der Waals surface area contributed by atoms with E-state index in [2.05, 4.69) is 27.8 Å². The molecule has 7 N–H and O–H groups in total. The Labute approximate surface area is 178 Å². The van der Waals surface area contributed by atoms with Gasteiger partial charge in [0.25, 0.3) is 11.7 Å². The molecule has 2 aromatic carbocycles. The summed E-state index contributed by atoms with van der Waals surface area (Å²) in [6, 6.07) is 17.3. The quantitative estimate of drug-likeness (QED) is 0.224. The first-order valence-electron chi connectivity index (χ1n) is 9.42. The molecule has 0 aliphatic heterocycles. The first kappa shape index (κ1) is 21.7. The molecular weight excluding hydrogens is 404 g/mol. The third-order valence-electron chi connectivity index (χ3n) is 4.51. The summed E-state index contributed by atoms with van der Waals surface area (Å²) in [6.45, 7) is 1.71. The minimum absolute atomic E-state index is 0.0792. The maximum absolute atomic E-state index is 12.2. The van der Waals surface area contributed by atoms with E-state index in [0.29, 0.717) is 17.0 Å². The molecular formula is C21H24N4O4S. The summed E-state index contributed by atoms with van der Waals surface area (Å²) >= 11 is 0.648. The lowest BCUT2D eigenvalue weighted by Gasteiger charge is -2.19. The number of nitrogen functional groups attached to an aromatic ring is 1. The van der Waals surface area contributed by atoms with Crippen LogP contribution < -0.4 is 16.4 Å². The van der Waals surface area contributed by atoms with Gasteiger partial charge in [-0.25, -0.2) is 4.98 Å². The molecule has 0 bridgehead atoms. The maximum atomic E-state index is 12.2. The number of nitrogens with one attached hydrogen (secondary N) is 2. The lowest BCUT2D eigenvalue weighted by atomic mass is 10.1. The fourth-order valence-electron chi connectivity index (χ4n) is 2.87. The summed E-state index contributed by atoms with van der Waals surface area (Å²) in [5.74, 6) is -4.14. The van der Waals surface area contributed by atoms with Crippen molar-refractivity contribution in [2.45, 2.75) is 18.6 Å². The summed E-state index contributed by atoms with van der Waals surface area (Å²) in [7, 11) is 0. The fraction of sp³-hybridized carbons (Fsp3) is 0.238. The topological polar surface area (TPSA) is 141 Å². The monoisotopic (exact) mass is 428 g/mol. The van der Waals surface area contributed by atoms with Crippen LogP contribution >= 0.6 is 11.3 Å². The zero-order valence-electron chi connectivity index (χ0n) is 16.2. The van der Waals surface area contributed by atoms with Crippen LogP contribution in [0.2, 0.25) is 0 Å². The van der Waals surface area contributed by atoms with Gasteiger partial charge < -0.3 is 31.7 Å². The zero-order chi connectivity index (χ0) is 21.6. The number of carbonyl (C=O) groups excluding carboxylic acids is 1. The lowest BCUT2D eigenvalue weighted by molar-refractivity contribution is -0.185. The van der Waals surface area contributed by atoms with E-state index in [1.54, 1.807) is 12.1 Å². The molecule has 3 rings (SSSR count). The van der Waals surface area contributed by atoms with Crippen LogP contribution in [0.15, 0.2) is 54.6 Å². The summed E-state index contributed by atoms with van der Waals surface area (Å²) in [5.41, 5.74) is 7.58. The molecule has 1 amide bonds. The Morgan fingerprint density at radius 3 is 2.17 bits per heavy atom. The number of thiazole rings is 1. The van der Waals surface area contributed by atoms with E-state index in [0.717, 1.165) is 31.5 Å². The van der Waals surface area contributed by atoms with E-state index in [-0.39, 0.29) is 5.13 Å². The van der Waals surface area contributed by atoms with Crippen LogP contribution in [0.4, 0.5) is 10.8 Å². The summed E-state index contributed by atoms with van der Waals surface area (Å²) in [4.78, 5) is 15.8. The molecule has 0 aliphatic rings. The van der Waals surface area contributed by atoms with Crippen molar-refractivity contribution in [3.63, 3.8) is 0 Å². The van der Waals surface area contributed by atoms with Gasteiger partial charge in [-0.3, -0.25) is 4.79 Å². The number of nitrogens with two attached hydrogens (primary N) is 1. The minimum atomic E-state index is -3.00. The molecule has 0 aliphatic carbocycles. The molecule has 0 spiro atoms. The molecule has 158 valence electrons. The van der Waals surface area contributed by atoms with Crippen molar-refractivity contribution in [2.24, 2.45) is 0 Å². The Morgan fingerprint density at radius 2 is 1.60 bits per heavy atom. The number of amides is 1. The van der Waals surface area contributed by atoms with Crippen molar-refractivity contribution in [3.8, 4) is 5.06 Å². The van der Waals surface area contributed by atoms with Crippen LogP contribution in [0.1, 0.15) is 16.8 Å². The number of aliphatic hydroxyl groups is 2. The molecule has 8 nitrogen and oxygen atoms in total. The summed E-state index contributed by atoms with van der Waals surface area (Å²) < 4.78 is 0. The van der Waals surface area contributed by atoms with E-state index in [4.69, 9.17) is 5.73 Å². The molecule has 0 saturated carbocycles. The number of nitrogens with zero attached hydrogens (tertiary/aromatic N) is 1. The van der Waals surface area contributed by atoms with Gasteiger partial charge in [-0.05, 0) is 49.2 Å². The Morgan fingerprint density at radius 1 is 1.00 bits per heavy atom. The smallest absolute Gasteiger partial charge is 0.294 e. The van der Waals surface area contributed by atoms with E-state index >= 15 is 0 Å². The Hall–Kier alpha value is -2.98. The zero-order valence-corrected chi connectivity index (χ0v) is 17.0. The standard InChI is InChI=1S/C21H24N4O4S/c22-20-25-17(18(26)30-20)21(28,29)19(27)24-16-8-6-15(7-9-16)11-13-23-12-10-14-4-2-1-3-5-14/h1-9,23,26,28-29H,10-13H2,(H2,22,25)(H,24,27). The second-order valence-electron chi connectivity index (χ2n) is 6.76. The summed E-state index contributed by atoms with van der Waals surface area (Å²) in [6.07, 6.45) is 1.79. The summed E-state index contributed by atoms with van der Waals surface area (Å²) in [5, 5.41) is 35.0. The van der Waals surface area contributed by atoms with E-state index in [1.165, 1.54) is 5.56 Å². The number of rotatable bonds is 9. The van der Waals surface area contributed by atoms with E-state index in [9.17, 15) is 20.1 Å². The number of benzene rings is 2. The molecule has 0 saturated heterocycles. The van der Waals surface area contributed by atoms with Gasteiger partial charge >= 0.3 is 0 Å². The SMILES string of the molecule is Nc1nc(C(O)(O)C(=O)Nc2ccc(CCNCCc3ccccc3)cc2)c(O)s1. The molecule has 3 aromatic rings. The van der Waals surface area contributed by atoms with Gasteiger partial charge in [0.05, 0.1) is 0 Å². The second kappa shape index (κ2) is 9.68. The highest BCUT2D eigenvalue weighted by atomic mass is 32.1. The van der Waals surface area contributed by atoms with Crippen molar-refractivity contribution in [2.75, 3.05) is 24.1 Å². The average molecular weight is 429 g/mol. The molecule has 0 unspecified atom stereocenters. The van der Waals surface area contributed by atoms with Gasteiger partial charge in [-0.15, -0.1) is 0 Å². The molecule has 30 heavy (non-hydrogen) atoms. The number of carbonyl (C=O) groups is 1. The normalized spacial score (nSPS) is 11.4. The first-order valence-corrected chi connectivity index (χ1v) is 10.2. The van der Waals surface area contributed by atoms with Gasteiger partial charge in [-0.2, -0.15) is 0 Å². The number of aromatic nitrogens is 1. The molecule has 1 heterocycles. The highest BCUT2D eigenvalue weighted by Gasteiger charge is 2.41. The first-order chi connectivity index (χ1) is 14.4. The predicted octanol–water partition coefficient (Wildman–Crippen LogP) is 1.58. The number of hydrogen-bond donors (Lipinski definition) is 6. The Bertz CT molecular complexity index is 974. The molecule has 1 aromatic heterocycles. The Balaban J connectivity index is 1.47. The van der Waals surface area contributed by atoms with E-state index in [1.807, 2.05) is 30.3 Å². The molecule has 0 radical (unpaired) electrons. The second-order valence-corrected chi connectivity index (χ2v) is 7.77. The van der Waals surface area contributed by atoms with Gasteiger partial charge in [0.15, 0.2) is 10.8 Å². The molecule has 0 atom stereocenters. The van der Waals surface area contributed by atoms with Gasteiger partial charge in [0, 0.05) is 5.69 Å². The number of hydrogen-bond acceptors (Lipinski definition) is 8. The van der Waals surface area contributed by atoms with Crippen LogP contribution in [-0.2, 0) is 23.4 Å². The van der Waals surface area contributed by atoms with Crippen molar-refractivity contribution in [3.05, 3.63) is 71.4 Å². The largest absolute Gasteiger partial charge is 0.498 e. The third kappa shape index (κ3) is 5.55. The van der Waals surface area contributed by atoms with Crippen molar-refractivity contribution < 1.29 is 20.1 Å². The number of anilines is 2. The van der Waals surface area contributed by atoms with Crippen LogP contribution in [0.3, 0.4) is 0 Å². The minimum Gasteiger partial charge on any atom is -0.498 e. The average Bonchev–Trinajstić information content (AvgIpc) is 3.08. The lowest BCUT2D eigenvalue weighted by Crippen LogP contribution is -2.40. The fourth-order valence-corrected chi connectivity index (χ4v) is 3.49. The third-order valence-corrected chi connectivity index (χ3v) is 5.20. The van der Waals surface area contributed by atoms with Crippen molar-refractivity contribution in [1.82, 2.24) is 10.3 Å². The van der Waals surface area contributed by atoms with Crippen LogP contribution in [0, 0.1) is 0 Å². The van der Waals surface area contributed by atoms with Crippen LogP contribution in [-0.4, -0.2) is 39.3 Å². The van der Waals surface area contributed by atoms with Gasteiger partial charge in [0.2, 0.25) is 5.06 Å². The van der Waals surface area contributed by atoms with Crippen LogP contribution in [0.5, 0.6) is 5.06 Å². The Kier molecular flexibility index (Phi) is 7.01. The predicted molar refractivity (Wildman–Crippen MR) is 116 cm³/mol. The highest BCUT2D eigenvalue weighted by Crippen LogP contribution is 2.34. The van der Waals surface area contributed by atoms with Gasteiger partial charge in [0.1, 0.15) is 0 Å². The molecule has 9 heteroatoms. The maximum Gasteiger partial charge on any atom is 0.294 e. The van der Waals surface area contributed by atoms with Crippen molar-refractivity contribution in [1.29, 1.82) is 0 Å². The van der Waals surface area contributed by atoms with Gasteiger partial charge in [-0.1, -0.05) is 53.8 Å². The molecule has 0 fully saturated rings. The number of aromatic hydroxyl groups is 1. The van der Waals surface area contributed by atoms with Crippen molar-refractivity contribution >= 4 is 28.1 Å². The highest BCUT2D eigenvalue weighted by molar-refractivity contribution is 7.17. The van der Waals surface area contributed by atoms with Crippen LogP contribution in [0.25, 0.3) is 0 Å².